The van der Waals surface area contributed by atoms with Crippen molar-refractivity contribution in [2.45, 2.75) is 19.6 Å². The fourth-order valence-corrected chi connectivity index (χ4v) is 0.174. The Labute approximate surface area is 49.0 Å². The number of hydrogen-bond acceptors (Lipinski definition) is 2. The topological polar surface area (TPSA) is 38.3 Å². The summed E-state index contributed by atoms with van der Waals surface area (Å²) in [5.74, 6) is 0. The molecule has 47 valence electrons. The number of rotatable bonds is 3. The summed E-state index contributed by atoms with van der Waals surface area (Å²) in [4.78, 5) is 9.66. The molecule has 0 aromatic rings. The highest BCUT2D eigenvalue weighted by atomic mass is 16.5. The second-order valence-electron chi connectivity index (χ2n) is 1.94. The van der Waals surface area contributed by atoms with Crippen molar-refractivity contribution in [3.8, 4) is 0 Å². The lowest BCUT2D eigenvalue weighted by molar-refractivity contribution is 0.00928. The lowest BCUT2D eigenvalue weighted by atomic mass is 10.3. The second kappa shape index (κ2) is 2.67. The molecule has 0 heterocycles. The zero-order chi connectivity index (χ0) is 6.62. The van der Waals surface area contributed by atoms with E-state index in [0.29, 0.717) is 0 Å². The predicted octanol–water partition coefficient (Wildman–Crippen LogP) is 0.0257. The fraction of sp³-hybridized carbons (Fsp3) is 0.800. The van der Waals surface area contributed by atoms with E-state index in [-0.39, 0.29) is 0 Å². The third-order valence-corrected chi connectivity index (χ3v) is 0.862. The highest BCUT2D eigenvalue weighted by molar-refractivity contribution is 5.48. The standard InChI is InChI=1S/C5H10NO2/c1-5(2,8-3)6-4-7/h1-3H3,(H,6,7). The van der Waals surface area contributed by atoms with E-state index in [1.807, 2.05) is 0 Å². The van der Waals surface area contributed by atoms with Crippen molar-refractivity contribution >= 4 is 6.41 Å². The van der Waals surface area contributed by atoms with Gasteiger partial charge in [-0.05, 0) is 13.8 Å². The van der Waals surface area contributed by atoms with Crippen LogP contribution < -0.4 is 5.32 Å². The van der Waals surface area contributed by atoms with Crippen molar-refractivity contribution in [2.75, 3.05) is 7.11 Å². The van der Waals surface area contributed by atoms with Crippen LogP contribution in [-0.4, -0.2) is 19.2 Å². The van der Waals surface area contributed by atoms with Crippen molar-refractivity contribution < 1.29 is 9.53 Å². The van der Waals surface area contributed by atoms with Crippen LogP contribution in [-0.2, 0) is 9.53 Å². The molecular formula is C5H10NO2. The molecule has 1 amide bonds. The molecule has 0 aliphatic rings. The van der Waals surface area contributed by atoms with Crippen LogP contribution in [0.15, 0.2) is 0 Å². The zero-order valence-electron chi connectivity index (χ0n) is 5.32. The minimum absolute atomic E-state index is 0.582. The molecular weight excluding hydrogens is 106 g/mol. The smallest absolute Gasteiger partial charge is 0.311 e. The van der Waals surface area contributed by atoms with Crippen molar-refractivity contribution in [1.29, 1.82) is 0 Å². The van der Waals surface area contributed by atoms with E-state index in [2.05, 4.69) is 5.32 Å². The molecule has 0 aliphatic carbocycles. The number of nitrogens with one attached hydrogen (secondary N) is 1. The van der Waals surface area contributed by atoms with E-state index in [4.69, 9.17) is 4.74 Å². The van der Waals surface area contributed by atoms with Crippen molar-refractivity contribution in [3.63, 3.8) is 0 Å². The Balaban J connectivity index is 3.53. The van der Waals surface area contributed by atoms with Gasteiger partial charge >= 0.3 is 6.41 Å². The van der Waals surface area contributed by atoms with Crippen LogP contribution in [0.25, 0.3) is 0 Å². The highest BCUT2D eigenvalue weighted by Gasteiger charge is 2.12. The summed E-state index contributed by atoms with van der Waals surface area (Å²) in [6.45, 7) is 3.47. The van der Waals surface area contributed by atoms with E-state index in [1.54, 1.807) is 13.8 Å². The SMILES string of the molecule is COC(C)(C)N[C]=O. The zero-order valence-corrected chi connectivity index (χ0v) is 5.32. The minimum Gasteiger partial charge on any atom is -0.360 e. The van der Waals surface area contributed by atoms with Crippen LogP contribution in [0.5, 0.6) is 0 Å². The fourth-order valence-electron chi connectivity index (χ4n) is 0.174. The largest absolute Gasteiger partial charge is 0.360 e. The lowest BCUT2D eigenvalue weighted by Gasteiger charge is -2.20. The van der Waals surface area contributed by atoms with Gasteiger partial charge in [0.15, 0.2) is 0 Å². The summed E-state index contributed by atoms with van der Waals surface area (Å²) in [5, 5.41) is 2.34. The molecule has 0 bridgehead atoms. The van der Waals surface area contributed by atoms with Crippen molar-refractivity contribution in [3.05, 3.63) is 0 Å². The van der Waals surface area contributed by atoms with Gasteiger partial charge in [0.25, 0.3) is 0 Å². The molecule has 0 saturated heterocycles. The monoisotopic (exact) mass is 116 g/mol. The summed E-state index contributed by atoms with van der Waals surface area (Å²) in [7, 11) is 1.52. The first kappa shape index (κ1) is 7.43. The maximum atomic E-state index is 9.66. The quantitative estimate of drug-likeness (QED) is 0.417. The molecule has 0 saturated carbocycles. The minimum atomic E-state index is -0.582. The van der Waals surface area contributed by atoms with Gasteiger partial charge in [-0.15, -0.1) is 0 Å². The Bertz CT molecular complexity index is 80.5. The molecule has 0 unspecified atom stereocenters. The van der Waals surface area contributed by atoms with Gasteiger partial charge in [-0.2, -0.15) is 0 Å². The van der Waals surface area contributed by atoms with Gasteiger partial charge in [0.1, 0.15) is 5.72 Å². The molecule has 8 heavy (non-hydrogen) atoms. The van der Waals surface area contributed by atoms with E-state index < -0.39 is 5.72 Å². The molecule has 3 nitrogen and oxygen atoms in total. The van der Waals surface area contributed by atoms with Crippen molar-refractivity contribution in [2.24, 2.45) is 0 Å². The third kappa shape index (κ3) is 2.58. The molecule has 3 heteroatoms. The second-order valence-corrected chi connectivity index (χ2v) is 1.94. The van der Waals surface area contributed by atoms with Gasteiger partial charge in [0.05, 0.1) is 0 Å². The van der Waals surface area contributed by atoms with Gasteiger partial charge in [0.2, 0.25) is 0 Å². The van der Waals surface area contributed by atoms with Gasteiger partial charge < -0.3 is 10.1 Å². The summed E-state index contributed by atoms with van der Waals surface area (Å²) < 4.78 is 4.80. The first-order valence-corrected chi connectivity index (χ1v) is 2.32. The predicted molar refractivity (Wildman–Crippen MR) is 29.9 cm³/mol. The number of ether oxygens (including phenoxy) is 1. The molecule has 0 fully saturated rings. The summed E-state index contributed by atoms with van der Waals surface area (Å²) in [6, 6.07) is 0. The Morgan fingerprint density at radius 3 is 2.25 bits per heavy atom. The molecule has 0 spiro atoms. The molecule has 0 atom stereocenters. The molecule has 0 rings (SSSR count). The molecule has 0 aliphatic heterocycles. The average molecular weight is 116 g/mol. The summed E-state index contributed by atoms with van der Waals surface area (Å²) in [5.41, 5.74) is -0.582. The van der Waals surface area contributed by atoms with Gasteiger partial charge in [-0.25, -0.2) is 0 Å². The number of amides is 1. The van der Waals surface area contributed by atoms with Crippen LogP contribution in [0.4, 0.5) is 0 Å². The Morgan fingerprint density at radius 2 is 2.12 bits per heavy atom. The summed E-state index contributed by atoms with van der Waals surface area (Å²) >= 11 is 0. The molecule has 1 radical (unpaired) electrons. The number of methoxy groups -OCH3 is 1. The van der Waals surface area contributed by atoms with Gasteiger partial charge in [-0.1, -0.05) is 0 Å². The van der Waals surface area contributed by atoms with Crippen LogP contribution in [0, 0.1) is 0 Å². The summed E-state index contributed by atoms with van der Waals surface area (Å²) in [6.07, 6.45) is 1.53. The van der Waals surface area contributed by atoms with Gasteiger partial charge in [-0.3, -0.25) is 4.79 Å². The first-order valence-electron chi connectivity index (χ1n) is 2.32. The van der Waals surface area contributed by atoms with Crippen molar-refractivity contribution in [1.82, 2.24) is 5.32 Å². The first-order chi connectivity index (χ1) is 3.62. The van der Waals surface area contributed by atoms with E-state index in [9.17, 15) is 4.79 Å². The van der Waals surface area contributed by atoms with E-state index in [1.165, 1.54) is 13.5 Å². The Morgan fingerprint density at radius 1 is 1.62 bits per heavy atom. The van der Waals surface area contributed by atoms with Gasteiger partial charge in [0, 0.05) is 7.11 Å². The third-order valence-electron chi connectivity index (χ3n) is 0.862. The van der Waals surface area contributed by atoms with Crippen LogP contribution in [0.3, 0.4) is 0 Å². The molecule has 0 aromatic heterocycles. The van der Waals surface area contributed by atoms with Crippen LogP contribution in [0.1, 0.15) is 13.8 Å². The Kier molecular flexibility index (Phi) is 2.48. The van der Waals surface area contributed by atoms with E-state index >= 15 is 0 Å². The highest BCUT2D eigenvalue weighted by Crippen LogP contribution is 1.98. The average Bonchev–Trinajstić information content (AvgIpc) is 1.67. The van der Waals surface area contributed by atoms with E-state index in [0.717, 1.165) is 0 Å². The number of carbonyl (C=O) groups excluding carboxylic acids is 1. The number of hydrogen-bond donors (Lipinski definition) is 1. The Hall–Kier alpha value is -0.570. The van der Waals surface area contributed by atoms with Crippen LogP contribution >= 0.6 is 0 Å². The molecule has 1 N–H and O–H groups in total. The molecule has 0 aromatic carbocycles. The van der Waals surface area contributed by atoms with Crippen LogP contribution in [0.2, 0.25) is 0 Å². The normalized spacial score (nSPS) is 10.9. The maximum absolute atomic E-state index is 9.66. The lowest BCUT2D eigenvalue weighted by Crippen LogP contribution is -2.39. The maximum Gasteiger partial charge on any atom is 0.311 e.